The smallest absolute Gasteiger partial charge is 0.256 e. The molecule has 0 aliphatic rings. The molecule has 1 aromatic heterocycles. The first-order valence-electron chi connectivity index (χ1n) is 7.00. The predicted octanol–water partition coefficient (Wildman–Crippen LogP) is 1.91. The van der Waals surface area contributed by atoms with Crippen molar-refractivity contribution < 1.29 is 14.3 Å². The quantitative estimate of drug-likeness (QED) is 0.782. The van der Waals surface area contributed by atoms with E-state index in [9.17, 15) is 4.79 Å². The number of hydrogen-bond donors (Lipinski definition) is 0. The molecule has 0 aliphatic heterocycles. The number of carbonyl (C=O) groups is 1. The average Bonchev–Trinajstić information content (AvgIpc) is 2.84. The van der Waals surface area contributed by atoms with Crippen LogP contribution in [0.3, 0.4) is 0 Å². The monoisotopic (exact) mass is 290 g/mol. The molecule has 0 atom stereocenters. The summed E-state index contributed by atoms with van der Waals surface area (Å²) in [6.45, 7) is 2.14. The Hall–Kier alpha value is -1.85. The molecule has 2 aromatic rings. The molecule has 5 heteroatoms. The molecule has 0 unspecified atom stereocenters. The maximum atomic E-state index is 12.8. The molecule has 0 saturated carbocycles. The first kappa shape index (κ1) is 15.5. The topological polar surface area (TPSA) is 43.7 Å². The van der Waals surface area contributed by atoms with Crippen molar-refractivity contribution in [3.05, 3.63) is 36.0 Å². The molecule has 0 bridgehead atoms. The largest absolute Gasteiger partial charge is 0.383 e. The van der Waals surface area contributed by atoms with Crippen molar-refractivity contribution in [3.8, 4) is 0 Å². The number of para-hydroxylation sites is 1. The van der Waals surface area contributed by atoms with Gasteiger partial charge in [-0.1, -0.05) is 18.2 Å². The molecule has 114 valence electrons. The third kappa shape index (κ3) is 3.43. The first-order chi connectivity index (χ1) is 10.2. The lowest BCUT2D eigenvalue weighted by Crippen LogP contribution is -2.36. The number of amides is 1. The number of fused-ring (bicyclic) bond motifs is 1. The Kier molecular flexibility index (Phi) is 5.36. The van der Waals surface area contributed by atoms with Crippen LogP contribution < -0.4 is 0 Å². The van der Waals surface area contributed by atoms with Crippen molar-refractivity contribution in [1.82, 2.24) is 9.47 Å². The highest BCUT2D eigenvalue weighted by Gasteiger charge is 2.19. The number of aryl methyl sites for hydroxylation is 1. The Balaban J connectivity index is 2.29. The number of carbonyl (C=O) groups excluding carboxylic acids is 1. The van der Waals surface area contributed by atoms with Crippen molar-refractivity contribution in [2.24, 2.45) is 7.05 Å². The Labute approximate surface area is 125 Å². The van der Waals surface area contributed by atoms with Crippen LogP contribution in [0.25, 0.3) is 10.9 Å². The number of rotatable bonds is 7. The maximum absolute atomic E-state index is 12.8. The minimum absolute atomic E-state index is 0.0147. The van der Waals surface area contributed by atoms with Gasteiger partial charge in [0, 0.05) is 51.5 Å². The Morgan fingerprint density at radius 3 is 2.38 bits per heavy atom. The molecule has 1 amide bonds. The van der Waals surface area contributed by atoms with Gasteiger partial charge in [0.15, 0.2) is 0 Å². The van der Waals surface area contributed by atoms with Crippen molar-refractivity contribution in [2.75, 3.05) is 40.5 Å². The molecule has 5 nitrogen and oxygen atoms in total. The highest BCUT2D eigenvalue weighted by atomic mass is 16.5. The predicted molar refractivity (Wildman–Crippen MR) is 82.6 cm³/mol. The third-order valence-corrected chi connectivity index (χ3v) is 3.55. The number of nitrogens with zero attached hydrogens (tertiary/aromatic N) is 2. The molecule has 0 N–H and O–H groups in total. The fourth-order valence-corrected chi connectivity index (χ4v) is 2.40. The standard InChI is InChI=1S/C16H22N2O3/c1-17-12-14(13-6-4-5-7-15(13)17)16(19)18(8-10-20-2)9-11-21-3/h4-7,12H,8-11H2,1-3H3. The van der Waals surface area contributed by atoms with Gasteiger partial charge in [0.1, 0.15) is 0 Å². The summed E-state index contributed by atoms with van der Waals surface area (Å²) in [5.74, 6) is 0.0147. The first-order valence-corrected chi connectivity index (χ1v) is 7.00. The van der Waals surface area contributed by atoms with Gasteiger partial charge in [-0.3, -0.25) is 4.79 Å². The minimum atomic E-state index is 0.0147. The zero-order chi connectivity index (χ0) is 15.2. The molecule has 1 aromatic carbocycles. The molecule has 0 spiro atoms. The number of benzene rings is 1. The zero-order valence-electron chi connectivity index (χ0n) is 12.8. The van der Waals surface area contributed by atoms with Gasteiger partial charge in [-0.05, 0) is 6.07 Å². The summed E-state index contributed by atoms with van der Waals surface area (Å²) < 4.78 is 12.2. The van der Waals surface area contributed by atoms with Crippen LogP contribution >= 0.6 is 0 Å². The van der Waals surface area contributed by atoms with Gasteiger partial charge in [-0.15, -0.1) is 0 Å². The summed E-state index contributed by atoms with van der Waals surface area (Å²) in [7, 11) is 5.22. The minimum Gasteiger partial charge on any atom is -0.383 e. The SMILES string of the molecule is COCCN(CCOC)C(=O)c1cn(C)c2ccccc12. The highest BCUT2D eigenvalue weighted by Crippen LogP contribution is 2.21. The van der Waals surface area contributed by atoms with Crippen LogP contribution in [-0.4, -0.2) is 55.9 Å². The average molecular weight is 290 g/mol. The van der Waals surface area contributed by atoms with Gasteiger partial charge in [0.25, 0.3) is 5.91 Å². The van der Waals surface area contributed by atoms with Crippen LogP contribution in [0.2, 0.25) is 0 Å². The Morgan fingerprint density at radius 1 is 1.14 bits per heavy atom. The van der Waals surface area contributed by atoms with Gasteiger partial charge >= 0.3 is 0 Å². The molecule has 2 rings (SSSR count). The van der Waals surface area contributed by atoms with Crippen LogP contribution in [0.15, 0.2) is 30.5 Å². The zero-order valence-corrected chi connectivity index (χ0v) is 12.8. The molecule has 0 radical (unpaired) electrons. The Morgan fingerprint density at radius 2 is 1.76 bits per heavy atom. The maximum Gasteiger partial charge on any atom is 0.256 e. The van der Waals surface area contributed by atoms with E-state index < -0.39 is 0 Å². The number of methoxy groups -OCH3 is 2. The van der Waals surface area contributed by atoms with E-state index in [1.54, 1.807) is 19.1 Å². The second-order valence-corrected chi connectivity index (χ2v) is 4.95. The van der Waals surface area contributed by atoms with E-state index in [2.05, 4.69) is 0 Å². The van der Waals surface area contributed by atoms with E-state index >= 15 is 0 Å². The highest BCUT2D eigenvalue weighted by molar-refractivity contribution is 6.06. The number of aromatic nitrogens is 1. The summed E-state index contributed by atoms with van der Waals surface area (Å²) in [5.41, 5.74) is 1.78. The summed E-state index contributed by atoms with van der Waals surface area (Å²) in [6.07, 6.45) is 1.89. The van der Waals surface area contributed by atoms with E-state index in [0.717, 1.165) is 16.5 Å². The lowest BCUT2D eigenvalue weighted by Gasteiger charge is -2.21. The molecule has 0 saturated heterocycles. The summed E-state index contributed by atoms with van der Waals surface area (Å²) in [5, 5.41) is 0.977. The number of ether oxygens (including phenoxy) is 2. The molecule has 0 fully saturated rings. The molecule has 21 heavy (non-hydrogen) atoms. The lowest BCUT2D eigenvalue weighted by atomic mass is 10.1. The van der Waals surface area contributed by atoms with Crippen LogP contribution in [-0.2, 0) is 16.5 Å². The van der Waals surface area contributed by atoms with Crippen molar-refractivity contribution >= 4 is 16.8 Å². The normalized spacial score (nSPS) is 11.0. The van der Waals surface area contributed by atoms with Crippen molar-refractivity contribution in [3.63, 3.8) is 0 Å². The molecule has 0 aliphatic carbocycles. The van der Waals surface area contributed by atoms with Gasteiger partial charge in [0.05, 0.1) is 18.8 Å². The van der Waals surface area contributed by atoms with Gasteiger partial charge in [-0.25, -0.2) is 0 Å². The fraction of sp³-hybridized carbons (Fsp3) is 0.438. The van der Waals surface area contributed by atoms with Gasteiger partial charge in [-0.2, -0.15) is 0 Å². The molecular weight excluding hydrogens is 268 g/mol. The van der Waals surface area contributed by atoms with E-state index in [1.807, 2.05) is 42.1 Å². The van der Waals surface area contributed by atoms with Crippen LogP contribution in [0.1, 0.15) is 10.4 Å². The summed E-state index contributed by atoms with van der Waals surface area (Å²) in [4.78, 5) is 14.6. The van der Waals surface area contributed by atoms with Gasteiger partial charge < -0.3 is 18.9 Å². The van der Waals surface area contributed by atoms with E-state index in [4.69, 9.17) is 9.47 Å². The van der Waals surface area contributed by atoms with Crippen LogP contribution in [0.4, 0.5) is 0 Å². The fourth-order valence-electron chi connectivity index (χ4n) is 2.40. The summed E-state index contributed by atoms with van der Waals surface area (Å²) >= 11 is 0. The van der Waals surface area contributed by atoms with E-state index in [-0.39, 0.29) is 5.91 Å². The second kappa shape index (κ2) is 7.24. The second-order valence-electron chi connectivity index (χ2n) is 4.95. The van der Waals surface area contributed by atoms with E-state index in [1.165, 1.54) is 0 Å². The number of hydrogen-bond acceptors (Lipinski definition) is 3. The lowest BCUT2D eigenvalue weighted by molar-refractivity contribution is 0.0629. The summed E-state index contributed by atoms with van der Waals surface area (Å²) in [6, 6.07) is 7.92. The Bertz CT molecular complexity index is 599. The van der Waals surface area contributed by atoms with Crippen molar-refractivity contribution in [2.45, 2.75) is 0 Å². The van der Waals surface area contributed by atoms with Crippen LogP contribution in [0.5, 0.6) is 0 Å². The van der Waals surface area contributed by atoms with Crippen LogP contribution in [0, 0.1) is 0 Å². The van der Waals surface area contributed by atoms with Gasteiger partial charge in [0.2, 0.25) is 0 Å². The third-order valence-electron chi connectivity index (χ3n) is 3.55. The van der Waals surface area contributed by atoms with Crippen molar-refractivity contribution in [1.29, 1.82) is 0 Å². The van der Waals surface area contributed by atoms with E-state index in [0.29, 0.717) is 26.3 Å². The molecular formula is C16H22N2O3. The molecule has 1 heterocycles.